The van der Waals surface area contributed by atoms with Crippen LogP contribution in [0, 0.1) is 5.92 Å². The molecule has 3 rings (SSSR count). The van der Waals surface area contributed by atoms with Gasteiger partial charge in [0.2, 0.25) is 10.0 Å². The molecule has 5 nitrogen and oxygen atoms in total. The molecule has 1 aliphatic carbocycles. The van der Waals surface area contributed by atoms with Crippen molar-refractivity contribution in [3.05, 3.63) is 18.2 Å². The molecule has 0 spiro atoms. The zero-order chi connectivity index (χ0) is 15.0. The number of hydrogen-bond donors (Lipinski definition) is 2. The van der Waals surface area contributed by atoms with Crippen molar-refractivity contribution >= 4 is 21.4 Å². The predicted octanol–water partition coefficient (Wildman–Crippen LogP) is 2.08. The summed E-state index contributed by atoms with van der Waals surface area (Å²) in [5.74, 6) is 0.679. The molecule has 0 bridgehead atoms. The van der Waals surface area contributed by atoms with Gasteiger partial charge >= 0.3 is 0 Å². The number of rotatable bonds is 2. The molecule has 6 heteroatoms. The van der Waals surface area contributed by atoms with Crippen molar-refractivity contribution in [1.82, 2.24) is 0 Å². The Morgan fingerprint density at radius 1 is 1.10 bits per heavy atom. The van der Waals surface area contributed by atoms with E-state index in [2.05, 4.69) is 4.90 Å². The van der Waals surface area contributed by atoms with E-state index in [9.17, 15) is 8.42 Å². The summed E-state index contributed by atoms with van der Waals surface area (Å²) in [5, 5.41) is 5.39. The standard InChI is InChI=1S/C15H23N3O2S/c16-12-7-8-14(15(10-12)21(17,19)20)18-9-3-5-11-4-1-2-6-13(11)18/h7-8,10-11,13H,1-6,9,16H2,(H2,17,19,20). The number of nitrogens with zero attached hydrogens (tertiary/aromatic N) is 1. The maximum Gasteiger partial charge on any atom is 0.240 e. The first kappa shape index (κ1) is 14.7. The van der Waals surface area contributed by atoms with Gasteiger partial charge in [0.15, 0.2) is 0 Å². The molecule has 0 amide bonds. The van der Waals surface area contributed by atoms with Crippen LogP contribution in [-0.2, 0) is 10.0 Å². The van der Waals surface area contributed by atoms with Crippen LogP contribution in [0.3, 0.4) is 0 Å². The number of nitrogens with two attached hydrogens (primary N) is 2. The molecule has 1 saturated carbocycles. The van der Waals surface area contributed by atoms with Crippen LogP contribution >= 0.6 is 0 Å². The monoisotopic (exact) mass is 309 g/mol. The Balaban J connectivity index is 2.03. The third-order valence-electron chi connectivity index (χ3n) is 4.84. The van der Waals surface area contributed by atoms with Gasteiger partial charge in [-0.2, -0.15) is 0 Å². The summed E-state index contributed by atoms with van der Waals surface area (Å²) >= 11 is 0. The molecule has 116 valence electrons. The quantitative estimate of drug-likeness (QED) is 0.818. The smallest absolute Gasteiger partial charge is 0.240 e. The van der Waals surface area contributed by atoms with Crippen LogP contribution in [0.1, 0.15) is 38.5 Å². The number of sulfonamides is 1. The molecule has 0 aromatic heterocycles. The van der Waals surface area contributed by atoms with E-state index < -0.39 is 10.0 Å². The Hall–Kier alpha value is -1.27. The lowest BCUT2D eigenvalue weighted by Crippen LogP contribution is -2.47. The largest absolute Gasteiger partial charge is 0.399 e. The minimum atomic E-state index is -3.76. The van der Waals surface area contributed by atoms with Crippen LogP contribution in [0.25, 0.3) is 0 Å². The molecular formula is C15H23N3O2S. The molecule has 21 heavy (non-hydrogen) atoms. The van der Waals surface area contributed by atoms with E-state index in [0.717, 1.165) is 25.1 Å². The molecule has 2 unspecified atom stereocenters. The highest BCUT2D eigenvalue weighted by Crippen LogP contribution is 2.39. The summed E-state index contributed by atoms with van der Waals surface area (Å²) in [7, 11) is -3.76. The fraction of sp³-hybridized carbons (Fsp3) is 0.600. The van der Waals surface area contributed by atoms with Crippen LogP contribution in [0.2, 0.25) is 0 Å². The Morgan fingerprint density at radius 2 is 1.81 bits per heavy atom. The Morgan fingerprint density at radius 3 is 2.57 bits per heavy atom. The highest BCUT2D eigenvalue weighted by atomic mass is 32.2. The molecule has 2 atom stereocenters. The van der Waals surface area contributed by atoms with E-state index >= 15 is 0 Å². The average Bonchev–Trinajstić information content (AvgIpc) is 2.46. The maximum atomic E-state index is 11.9. The summed E-state index contributed by atoms with van der Waals surface area (Å²) in [6.07, 6.45) is 7.26. The van der Waals surface area contributed by atoms with Gasteiger partial charge in [-0.05, 0) is 49.8 Å². The van der Waals surface area contributed by atoms with Crippen molar-refractivity contribution in [3.8, 4) is 0 Å². The number of nitrogen functional groups attached to an aromatic ring is 1. The Labute approximate surface area is 126 Å². The van der Waals surface area contributed by atoms with Crippen molar-refractivity contribution in [2.45, 2.75) is 49.5 Å². The summed E-state index contributed by atoms with van der Waals surface area (Å²) in [6.45, 7) is 0.896. The van der Waals surface area contributed by atoms with Gasteiger partial charge in [0, 0.05) is 18.3 Å². The summed E-state index contributed by atoms with van der Waals surface area (Å²) in [6, 6.07) is 5.50. The lowest BCUT2D eigenvalue weighted by Gasteiger charge is -2.45. The van der Waals surface area contributed by atoms with E-state index in [0.29, 0.717) is 17.6 Å². The van der Waals surface area contributed by atoms with Gasteiger partial charge in [0.25, 0.3) is 0 Å². The molecule has 2 aliphatic rings. The predicted molar refractivity (Wildman–Crippen MR) is 84.6 cm³/mol. The molecule has 0 radical (unpaired) electrons. The molecule has 1 aliphatic heterocycles. The van der Waals surface area contributed by atoms with Crippen LogP contribution < -0.4 is 15.8 Å². The van der Waals surface area contributed by atoms with Gasteiger partial charge in [-0.15, -0.1) is 0 Å². The second kappa shape index (κ2) is 5.50. The zero-order valence-electron chi connectivity index (χ0n) is 12.2. The van der Waals surface area contributed by atoms with Gasteiger partial charge in [0.1, 0.15) is 4.90 Å². The number of fused-ring (bicyclic) bond motifs is 1. The van der Waals surface area contributed by atoms with E-state index in [1.807, 2.05) is 6.07 Å². The van der Waals surface area contributed by atoms with E-state index in [4.69, 9.17) is 10.9 Å². The second-order valence-corrected chi connectivity index (χ2v) is 7.75. The van der Waals surface area contributed by atoms with E-state index in [-0.39, 0.29) is 4.90 Å². The molecule has 1 aromatic rings. The SMILES string of the molecule is Nc1ccc(N2CCCC3CCCCC32)c(S(N)(=O)=O)c1. The molecule has 4 N–H and O–H groups in total. The molecular weight excluding hydrogens is 286 g/mol. The minimum absolute atomic E-state index is 0.161. The van der Waals surface area contributed by atoms with Gasteiger partial charge in [-0.1, -0.05) is 12.8 Å². The molecule has 2 fully saturated rings. The van der Waals surface area contributed by atoms with Crippen molar-refractivity contribution in [3.63, 3.8) is 0 Å². The van der Waals surface area contributed by atoms with Crippen molar-refractivity contribution in [2.24, 2.45) is 11.1 Å². The lowest BCUT2D eigenvalue weighted by molar-refractivity contribution is 0.243. The van der Waals surface area contributed by atoms with Gasteiger partial charge in [-0.25, -0.2) is 13.6 Å². The van der Waals surface area contributed by atoms with Crippen LogP contribution in [-0.4, -0.2) is 21.0 Å². The Kier molecular flexibility index (Phi) is 3.84. The average molecular weight is 309 g/mol. The minimum Gasteiger partial charge on any atom is -0.399 e. The fourth-order valence-corrected chi connectivity index (χ4v) is 4.70. The van der Waals surface area contributed by atoms with Gasteiger partial charge in [0.05, 0.1) is 5.69 Å². The van der Waals surface area contributed by atoms with Gasteiger partial charge < -0.3 is 10.6 Å². The van der Waals surface area contributed by atoms with E-state index in [1.54, 1.807) is 6.07 Å². The lowest BCUT2D eigenvalue weighted by atomic mass is 9.78. The summed E-state index contributed by atoms with van der Waals surface area (Å²) < 4.78 is 23.8. The zero-order valence-corrected chi connectivity index (χ0v) is 13.0. The topological polar surface area (TPSA) is 89.4 Å². The first-order valence-electron chi connectivity index (χ1n) is 7.66. The van der Waals surface area contributed by atoms with Crippen molar-refractivity contribution < 1.29 is 8.42 Å². The maximum absolute atomic E-state index is 11.9. The number of hydrogen-bond acceptors (Lipinski definition) is 4. The Bertz CT molecular complexity index is 628. The molecule has 1 aromatic carbocycles. The van der Waals surface area contributed by atoms with Crippen molar-refractivity contribution in [2.75, 3.05) is 17.2 Å². The first-order valence-corrected chi connectivity index (χ1v) is 9.20. The van der Waals surface area contributed by atoms with Crippen LogP contribution in [0.15, 0.2) is 23.1 Å². The normalized spacial score (nSPS) is 26.4. The number of primary sulfonamides is 1. The highest BCUT2D eigenvalue weighted by molar-refractivity contribution is 7.89. The molecule has 1 heterocycles. The fourth-order valence-electron chi connectivity index (χ4n) is 3.92. The van der Waals surface area contributed by atoms with Crippen LogP contribution in [0.4, 0.5) is 11.4 Å². The number of benzene rings is 1. The van der Waals surface area contributed by atoms with Crippen molar-refractivity contribution in [1.29, 1.82) is 0 Å². The summed E-state index contributed by atoms with van der Waals surface area (Å²) in [5.41, 5.74) is 6.90. The first-order chi connectivity index (χ1) is 9.97. The molecule has 1 saturated heterocycles. The highest BCUT2D eigenvalue weighted by Gasteiger charge is 2.35. The third-order valence-corrected chi connectivity index (χ3v) is 5.78. The summed E-state index contributed by atoms with van der Waals surface area (Å²) in [4.78, 5) is 2.42. The van der Waals surface area contributed by atoms with E-state index in [1.165, 1.54) is 31.7 Å². The number of piperidine rings is 1. The second-order valence-electron chi connectivity index (χ2n) is 6.22. The van der Waals surface area contributed by atoms with Crippen LogP contribution in [0.5, 0.6) is 0 Å². The number of anilines is 2. The third kappa shape index (κ3) is 2.87. The van der Waals surface area contributed by atoms with Gasteiger partial charge in [-0.3, -0.25) is 0 Å².